The Morgan fingerprint density at radius 3 is 2.47 bits per heavy atom. The maximum atomic E-state index is 11.2. The van der Waals surface area contributed by atoms with Gasteiger partial charge in [0, 0.05) is 11.6 Å². The Morgan fingerprint density at radius 2 is 1.94 bits per heavy atom. The second kappa shape index (κ2) is 6.25. The number of primary amides is 1. The molecule has 1 aromatic carbocycles. The smallest absolute Gasteiger partial charge is 0.258 e. The van der Waals surface area contributed by atoms with Gasteiger partial charge in [0.05, 0.1) is 0 Å². The number of rotatable bonds is 6. The van der Waals surface area contributed by atoms with Gasteiger partial charge in [-0.25, -0.2) is 0 Å². The number of carbonyl (C=O) groups is 1. The fourth-order valence-corrected chi connectivity index (χ4v) is 1.61. The fraction of sp³-hybridized carbons (Fsp3) is 0.462. The van der Waals surface area contributed by atoms with Crippen molar-refractivity contribution in [3.63, 3.8) is 0 Å². The first-order valence-electron chi connectivity index (χ1n) is 5.90. The van der Waals surface area contributed by atoms with E-state index in [-0.39, 0.29) is 6.04 Å². The average Bonchev–Trinajstić information content (AvgIpc) is 2.35. The number of nitrogens with two attached hydrogens (primary N) is 2. The van der Waals surface area contributed by atoms with Crippen LogP contribution in [0.1, 0.15) is 38.3 Å². The van der Waals surface area contributed by atoms with Gasteiger partial charge in [0.1, 0.15) is 5.75 Å². The topological polar surface area (TPSA) is 78.3 Å². The number of amides is 1. The van der Waals surface area contributed by atoms with Crippen LogP contribution in [0.2, 0.25) is 0 Å². The zero-order chi connectivity index (χ0) is 12.8. The number of benzene rings is 1. The first kappa shape index (κ1) is 13.5. The third kappa shape index (κ3) is 3.46. The second-order valence-corrected chi connectivity index (χ2v) is 3.97. The summed E-state index contributed by atoms with van der Waals surface area (Å²) in [4.78, 5) is 11.2. The van der Waals surface area contributed by atoms with E-state index in [9.17, 15) is 4.79 Å². The molecule has 0 saturated heterocycles. The van der Waals surface area contributed by atoms with Crippen molar-refractivity contribution in [2.75, 3.05) is 0 Å². The van der Waals surface area contributed by atoms with Crippen molar-refractivity contribution in [2.45, 2.75) is 38.8 Å². The molecule has 0 heterocycles. The van der Waals surface area contributed by atoms with Crippen LogP contribution in [0.15, 0.2) is 24.3 Å². The number of carbonyl (C=O) groups excluding carboxylic acids is 1. The molecule has 0 aliphatic carbocycles. The molecule has 0 aliphatic heterocycles. The Kier molecular flexibility index (Phi) is 4.97. The third-order valence-corrected chi connectivity index (χ3v) is 2.72. The lowest BCUT2D eigenvalue weighted by Gasteiger charge is -2.19. The molecule has 1 rings (SSSR count). The van der Waals surface area contributed by atoms with Gasteiger partial charge < -0.3 is 16.2 Å². The Labute approximate surface area is 102 Å². The minimum absolute atomic E-state index is 0.0865. The normalized spacial score (nSPS) is 14.1. The molecule has 1 amide bonds. The fourth-order valence-electron chi connectivity index (χ4n) is 1.61. The van der Waals surface area contributed by atoms with Gasteiger partial charge >= 0.3 is 0 Å². The van der Waals surface area contributed by atoms with E-state index in [1.807, 2.05) is 38.1 Å². The van der Waals surface area contributed by atoms with Crippen LogP contribution in [-0.2, 0) is 4.79 Å². The summed E-state index contributed by atoms with van der Waals surface area (Å²) in [5.41, 5.74) is 12.2. The Hall–Kier alpha value is -1.55. The highest BCUT2D eigenvalue weighted by atomic mass is 16.5. The number of hydrogen-bond donors (Lipinski definition) is 2. The maximum absolute atomic E-state index is 11.2. The summed E-state index contributed by atoms with van der Waals surface area (Å²) in [6, 6.07) is 7.41. The van der Waals surface area contributed by atoms with E-state index in [1.54, 1.807) is 0 Å². The van der Waals surface area contributed by atoms with Gasteiger partial charge in [-0.2, -0.15) is 0 Å². The minimum Gasteiger partial charge on any atom is -0.480 e. The molecule has 1 aromatic rings. The largest absolute Gasteiger partial charge is 0.480 e. The molecule has 0 fully saturated rings. The molecule has 94 valence electrons. The Balaban J connectivity index is 2.93. The summed E-state index contributed by atoms with van der Waals surface area (Å²) in [7, 11) is 0. The van der Waals surface area contributed by atoms with Crippen LogP contribution < -0.4 is 16.2 Å². The van der Waals surface area contributed by atoms with Crippen LogP contribution in [0.4, 0.5) is 0 Å². The van der Waals surface area contributed by atoms with Crippen molar-refractivity contribution in [1.29, 1.82) is 0 Å². The maximum Gasteiger partial charge on any atom is 0.258 e. The second-order valence-electron chi connectivity index (χ2n) is 3.97. The molecule has 0 saturated carbocycles. The van der Waals surface area contributed by atoms with Gasteiger partial charge in [-0.15, -0.1) is 0 Å². The predicted octanol–water partition coefficient (Wildman–Crippen LogP) is 1.74. The SMILES string of the molecule is CCC(Oc1ccccc1[C@H](N)CC)C(N)=O. The zero-order valence-corrected chi connectivity index (χ0v) is 10.3. The van der Waals surface area contributed by atoms with E-state index < -0.39 is 12.0 Å². The van der Waals surface area contributed by atoms with E-state index in [1.165, 1.54) is 0 Å². The number of para-hydroxylation sites is 1. The van der Waals surface area contributed by atoms with Crippen LogP contribution in [0, 0.1) is 0 Å². The molecular formula is C13H20N2O2. The predicted molar refractivity (Wildman–Crippen MR) is 67.6 cm³/mol. The average molecular weight is 236 g/mol. The van der Waals surface area contributed by atoms with E-state index in [0.29, 0.717) is 12.2 Å². The van der Waals surface area contributed by atoms with E-state index in [4.69, 9.17) is 16.2 Å². The first-order chi connectivity index (χ1) is 8.10. The summed E-state index contributed by atoms with van der Waals surface area (Å²) >= 11 is 0. The van der Waals surface area contributed by atoms with Gasteiger partial charge in [0.2, 0.25) is 0 Å². The molecule has 0 spiro atoms. The molecule has 4 N–H and O–H groups in total. The molecule has 4 heteroatoms. The first-order valence-corrected chi connectivity index (χ1v) is 5.90. The van der Waals surface area contributed by atoms with E-state index in [2.05, 4.69) is 0 Å². The highest BCUT2D eigenvalue weighted by molar-refractivity contribution is 5.79. The lowest BCUT2D eigenvalue weighted by atomic mass is 10.0. The Bertz CT molecular complexity index is 379. The Morgan fingerprint density at radius 1 is 1.29 bits per heavy atom. The van der Waals surface area contributed by atoms with E-state index >= 15 is 0 Å². The van der Waals surface area contributed by atoms with Gasteiger partial charge in [-0.05, 0) is 18.9 Å². The van der Waals surface area contributed by atoms with Crippen molar-refractivity contribution in [1.82, 2.24) is 0 Å². The van der Waals surface area contributed by atoms with Crippen LogP contribution in [0.5, 0.6) is 5.75 Å². The zero-order valence-electron chi connectivity index (χ0n) is 10.3. The summed E-state index contributed by atoms with van der Waals surface area (Å²) in [6.07, 6.45) is 0.763. The van der Waals surface area contributed by atoms with Crippen molar-refractivity contribution < 1.29 is 9.53 Å². The van der Waals surface area contributed by atoms with Gasteiger partial charge in [-0.1, -0.05) is 32.0 Å². The molecule has 1 unspecified atom stereocenters. The summed E-state index contributed by atoms with van der Waals surface area (Å²) in [5, 5.41) is 0. The third-order valence-electron chi connectivity index (χ3n) is 2.72. The highest BCUT2D eigenvalue weighted by Gasteiger charge is 2.17. The minimum atomic E-state index is -0.597. The summed E-state index contributed by atoms with van der Waals surface area (Å²) in [5.74, 6) is 0.194. The van der Waals surface area contributed by atoms with Crippen molar-refractivity contribution in [2.24, 2.45) is 11.5 Å². The number of hydrogen-bond acceptors (Lipinski definition) is 3. The standard InChI is InChI=1S/C13H20N2O2/c1-3-10(14)9-7-5-6-8-12(9)17-11(4-2)13(15)16/h5-8,10-11H,3-4,14H2,1-2H3,(H2,15,16)/t10-,11?/m1/s1. The van der Waals surface area contributed by atoms with E-state index in [0.717, 1.165) is 12.0 Å². The molecule has 0 bridgehead atoms. The number of ether oxygens (including phenoxy) is 1. The van der Waals surface area contributed by atoms with Crippen molar-refractivity contribution >= 4 is 5.91 Å². The van der Waals surface area contributed by atoms with Gasteiger partial charge in [-0.3, -0.25) is 4.79 Å². The van der Waals surface area contributed by atoms with Crippen LogP contribution in [0.3, 0.4) is 0 Å². The molecule has 0 aromatic heterocycles. The van der Waals surface area contributed by atoms with Crippen LogP contribution in [0.25, 0.3) is 0 Å². The summed E-state index contributed by atoms with van der Waals surface area (Å²) < 4.78 is 5.62. The van der Waals surface area contributed by atoms with Gasteiger partial charge in [0.15, 0.2) is 6.10 Å². The van der Waals surface area contributed by atoms with Crippen molar-refractivity contribution in [3.05, 3.63) is 29.8 Å². The summed E-state index contributed by atoms with van der Waals surface area (Å²) in [6.45, 7) is 3.87. The highest BCUT2D eigenvalue weighted by Crippen LogP contribution is 2.26. The van der Waals surface area contributed by atoms with Crippen molar-refractivity contribution in [3.8, 4) is 5.75 Å². The quantitative estimate of drug-likeness (QED) is 0.789. The van der Waals surface area contributed by atoms with Crippen LogP contribution >= 0.6 is 0 Å². The molecule has 0 aliphatic rings. The lowest BCUT2D eigenvalue weighted by Crippen LogP contribution is -2.33. The molecule has 17 heavy (non-hydrogen) atoms. The van der Waals surface area contributed by atoms with Crippen LogP contribution in [-0.4, -0.2) is 12.0 Å². The monoisotopic (exact) mass is 236 g/mol. The molecule has 4 nitrogen and oxygen atoms in total. The molecule has 0 radical (unpaired) electrons. The van der Waals surface area contributed by atoms with Gasteiger partial charge in [0.25, 0.3) is 5.91 Å². The molecular weight excluding hydrogens is 216 g/mol. The lowest BCUT2D eigenvalue weighted by molar-refractivity contribution is -0.124. The molecule has 2 atom stereocenters.